The van der Waals surface area contributed by atoms with Gasteiger partial charge in [0.2, 0.25) is 0 Å². The molecule has 1 spiro atoms. The minimum Gasteiger partial charge on any atom is -0.508 e. The molecular formula is C28H26F3N3O7S. The van der Waals surface area contributed by atoms with E-state index in [9.17, 15) is 28.2 Å². The third kappa shape index (κ3) is 6.19. The molecule has 5 rings (SSSR count). The number of aromatic hydroxyl groups is 2. The van der Waals surface area contributed by atoms with Gasteiger partial charge in [-0.2, -0.15) is 13.2 Å². The summed E-state index contributed by atoms with van der Waals surface area (Å²) in [7, 11) is 0. The summed E-state index contributed by atoms with van der Waals surface area (Å²) in [6.45, 7) is 1.41. The number of carboxylic acids is 1. The maximum Gasteiger partial charge on any atom is 0.490 e. The number of carboxylic acid groups (broad SMARTS) is 1. The van der Waals surface area contributed by atoms with Crippen molar-refractivity contribution in [1.29, 1.82) is 0 Å². The molecule has 222 valence electrons. The first-order valence-corrected chi connectivity index (χ1v) is 13.1. The zero-order valence-corrected chi connectivity index (χ0v) is 22.6. The Morgan fingerprint density at radius 1 is 0.929 bits per heavy atom. The molecule has 0 saturated carbocycles. The third-order valence-corrected chi connectivity index (χ3v) is 6.69. The Morgan fingerprint density at radius 3 is 2.05 bits per heavy atom. The van der Waals surface area contributed by atoms with Gasteiger partial charge in [-0.1, -0.05) is 12.5 Å². The van der Waals surface area contributed by atoms with Gasteiger partial charge < -0.3 is 41.2 Å². The fraction of sp³-hybridized carbons (Fsp3) is 0.250. The Labute approximate surface area is 242 Å². The third-order valence-electron chi connectivity index (χ3n) is 6.44. The normalized spacial score (nSPS) is 13.9. The predicted octanol–water partition coefficient (Wildman–Crippen LogP) is 4.71. The van der Waals surface area contributed by atoms with Crippen LogP contribution in [-0.4, -0.2) is 51.6 Å². The standard InChI is InChI=1S/C26H25N3O5S.C2HF3O2/c27-10-2-1-3-11-28-25(35)29-15-4-7-19-18(12-15)24(32)34-26(19)20-8-5-16(30)13-22(20)33-23-14-17(31)6-9-21(23)26;3-2(4,5)1(6)7/h4-9,12-14,30-31H,1-3,10-11,27H2,(H2,28,29,35);(H,6,7). The minimum atomic E-state index is -5.08. The van der Waals surface area contributed by atoms with Gasteiger partial charge in [0, 0.05) is 41.1 Å². The van der Waals surface area contributed by atoms with Crippen LogP contribution in [0.3, 0.4) is 0 Å². The molecule has 2 aliphatic heterocycles. The van der Waals surface area contributed by atoms with Crippen LogP contribution in [0.1, 0.15) is 46.3 Å². The number of hydrogen-bond acceptors (Lipinski definition) is 8. The number of halogens is 3. The van der Waals surface area contributed by atoms with Crippen LogP contribution in [0.2, 0.25) is 0 Å². The summed E-state index contributed by atoms with van der Waals surface area (Å²) < 4.78 is 43.8. The average molecular weight is 606 g/mol. The van der Waals surface area contributed by atoms with Crippen molar-refractivity contribution in [1.82, 2.24) is 5.32 Å². The van der Waals surface area contributed by atoms with E-state index in [-0.39, 0.29) is 11.5 Å². The van der Waals surface area contributed by atoms with E-state index in [0.29, 0.717) is 51.1 Å². The number of anilines is 1. The van der Waals surface area contributed by atoms with Crippen molar-refractivity contribution in [3.63, 3.8) is 0 Å². The number of nitrogens with two attached hydrogens (primary N) is 1. The lowest BCUT2D eigenvalue weighted by Gasteiger charge is -2.36. The summed E-state index contributed by atoms with van der Waals surface area (Å²) in [4.78, 5) is 22.1. The second kappa shape index (κ2) is 12.1. The summed E-state index contributed by atoms with van der Waals surface area (Å²) in [5.41, 5.74) is 7.08. The van der Waals surface area contributed by atoms with E-state index in [2.05, 4.69) is 10.6 Å². The lowest BCUT2D eigenvalue weighted by molar-refractivity contribution is -0.192. The number of hydrogen-bond donors (Lipinski definition) is 6. The van der Waals surface area contributed by atoms with Gasteiger partial charge in [-0.15, -0.1) is 0 Å². The van der Waals surface area contributed by atoms with Crippen molar-refractivity contribution in [2.24, 2.45) is 5.73 Å². The molecule has 7 N–H and O–H groups in total. The van der Waals surface area contributed by atoms with Crippen LogP contribution < -0.4 is 21.1 Å². The highest BCUT2D eigenvalue weighted by molar-refractivity contribution is 7.80. The maximum absolute atomic E-state index is 13.2. The number of rotatable bonds is 6. The highest BCUT2D eigenvalue weighted by Crippen LogP contribution is 2.57. The van der Waals surface area contributed by atoms with Gasteiger partial charge in [-0.3, -0.25) is 0 Å². The Kier molecular flexibility index (Phi) is 8.78. The predicted molar refractivity (Wildman–Crippen MR) is 149 cm³/mol. The van der Waals surface area contributed by atoms with Gasteiger partial charge >= 0.3 is 18.1 Å². The molecule has 0 aliphatic carbocycles. The molecule has 14 heteroatoms. The Hall–Kier alpha value is -4.56. The van der Waals surface area contributed by atoms with E-state index in [1.54, 1.807) is 18.2 Å². The number of fused-ring (bicyclic) bond motifs is 6. The molecule has 0 fully saturated rings. The van der Waals surface area contributed by atoms with Crippen molar-refractivity contribution in [3.8, 4) is 23.0 Å². The summed E-state index contributed by atoms with van der Waals surface area (Å²) in [6.07, 6.45) is -2.11. The number of alkyl halides is 3. The largest absolute Gasteiger partial charge is 0.508 e. The number of phenols is 2. The molecule has 10 nitrogen and oxygen atoms in total. The zero-order chi connectivity index (χ0) is 30.7. The maximum atomic E-state index is 13.2. The van der Waals surface area contributed by atoms with Gasteiger partial charge in [-0.05, 0) is 68.0 Å². The smallest absolute Gasteiger partial charge is 0.490 e. The van der Waals surface area contributed by atoms with E-state index in [4.69, 9.17) is 37.3 Å². The lowest BCUT2D eigenvalue weighted by Crippen LogP contribution is -2.33. The van der Waals surface area contributed by atoms with E-state index >= 15 is 0 Å². The van der Waals surface area contributed by atoms with Crippen LogP contribution in [0.4, 0.5) is 18.9 Å². The second-order valence-corrected chi connectivity index (χ2v) is 9.74. The molecule has 42 heavy (non-hydrogen) atoms. The molecule has 3 aromatic carbocycles. The molecule has 2 aliphatic rings. The summed E-state index contributed by atoms with van der Waals surface area (Å²) in [6, 6.07) is 14.7. The van der Waals surface area contributed by atoms with Crippen LogP contribution >= 0.6 is 12.2 Å². The molecule has 0 bridgehead atoms. The summed E-state index contributed by atoms with van der Waals surface area (Å²) in [5.74, 6) is -2.56. The van der Waals surface area contributed by atoms with Crippen molar-refractivity contribution < 1.29 is 47.6 Å². The molecule has 0 atom stereocenters. The molecule has 0 unspecified atom stereocenters. The second-order valence-electron chi connectivity index (χ2n) is 9.33. The van der Waals surface area contributed by atoms with Gasteiger partial charge in [0.25, 0.3) is 0 Å². The van der Waals surface area contributed by atoms with Crippen LogP contribution in [0, 0.1) is 0 Å². The Bertz CT molecular complexity index is 1480. The first-order chi connectivity index (χ1) is 19.9. The zero-order valence-electron chi connectivity index (χ0n) is 21.8. The van der Waals surface area contributed by atoms with Crippen LogP contribution in [-0.2, 0) is 15.1 Å². The van der Waals surface area contributed by atoms with Gasteiger partial charge in [0.05, 0.1) is 5.56 Å². The van der Waals surface area contributed by atoms with Crippen LogP contribution in [0.15, 0.2) is 54.6 Å². The number of phenolic OH excluding ortho intramolecular Hbond substituents is 2. The fourth-order valence-corrected chi connectivity index (χ4v) is 4.83. The van der Waals surface area contributed by atoms with Gasteiger partial charge in [-0.25, -0.2) is 9.59 Å². The van der Waals surface area contributed by atoms with Crippen molar-refractivity contribution in [2.45, 2.75) is 31.0 Å². The number of benzene rings is 3. The highest BCUT2D eigenvalue weighted by Gasteiger charge is 2.53. The molecule has 0 amide bonds. The van der Waals surface area contributed by atoms with E-state index in [0.717, 1.165) is 25.8 Å². The van der Waals surface area contributed by atoms with Crippen molar-refractivity contribution in [3.05, 3.63) is 76.9 Å². The highest BCUT2D eigenvalue weighted by atomic mass is 32.1. The average Bonchev–Trinajstić information content (AvgIpc) is 3.20. The SMILES string of the molecule is NCCCCCNC(=S)Nc1ccc2c(c1)C(=O)OC21c2ccc(O)cc2Oc2cc(O)ccc21.O=C(O)C(F)(F)F. The first kappa shape index (κ1) is 30.4. The number of aliphatic carboxylic acids is 1. The number of ether oxygens (including phenoxy) is 2. The quantitative estimate of drug-likeness (QED) is 0.131. The molecule has 0 aromatic heterocycles. The molecule has 0 saturated heterocycles. The summed E-state index contributed by atoms with van der Waals surface area (Å²) >= 11 is 5.39. The number of carbonyl (C=O) groups is 2. The molecule has 2 heterocycles. The lowest BCUT2D eigenvalue weighted by atomic mass is 9.77. The monoisotopic (exact) mass is 605 g/mol. The fourth-order valence-electron chi connectivity index (χ4n) is 4.61. The topological polar surface area (TPSA) is 163 Å². The van der Waals surface area contributed by atoms with Gasteiger partial charge in [0.1, 0.15) is 23.0 Å². The Balaban J connectivity index is 0.000000517. The number of carbonyl (C=O) groups excluding carboxylic acids is 1. The van der Waals surface area contributed by atoms with Gasteiger partial charge in [0.15, 0.2) is 10.7 Å². The number of thiocarbonyl (C=S) groups is 1. The minimum absolute atomic E-state index is 0.00985. The first-order valence-electron chi connectivity index (χ1n) is 12.6. The molecule has 3 aromatic rings. The van der Waals surface area contributed by atoms with Crippen molar-refractivity contribution in [2.75, 3.05) is 18.4 Å². The number of esters is 1. The van der Waals surface area contributed by atoms with E-state index in [1.165, 1.54) is 24.3 Å². The molecular weight excluding hydrogens is 579 g/mol. The molecule has 0 radical (unpaired) electrons. The van der Waals surface area contributed by atoms with E-state index < -0.39 is 23.7 Å². The number of unbranched alkanes of at least 4 members (excludes halogenated alkanes) is 2. The Morgan fingerprint density at radius 2 is 1.50 bits per heavy atom. The van der Waals surface area contributed by atoms with Crippen LogP contribution in [0.25, 0.3) is 0 Å². The summed E-state index contributed by atoms with van der Waals surface area (Å²) in [5, 5.41) is 33.9. The van der Waals surface area contributed by atoms with E-state index in [1.807, 2.05) is 12.1 Å². The van der Waals surface area contributed by atoms with Crippen molar-refractivity contribution >= 4 is 35.0 Å². The van der Waals surface area contributed by atoms with Crippen LogP contribution in [0.5, 0.6) is 23.0 Å². The number of nitrogens with one attached hydrogen (secondary N) is 2.